The molecule has 1 atom stereocenters. The van der Waals surface area contributed by atoms with E-state index in [2.05, 4.69) is 5.32 Å². The Morgan fingerprint density at radius 3 is 2.59 bits per heavy atom. The Kier molecular flexibility index (Phi) is 5.39. The summed E-state index contributed by atoms with van der Waals surface area (Å²) in [5.74, 6) is -0.164. The Morgan fingerprint density at radius 2 is 1.95 bits per heavy atom. The number of carbonyl (C=O) groups is 1. The number of halogens is 2. The molecule has 2 aromatic rings. The molecule has 5 heteroatoms. The molecule has 0 spiro atoms. The molecule has 2 rings (SSSR count). The number of rotatable bonds is 5. The van der Waals surface area contributed by atoms with Crippen LogP contribution in [-0.2, 0) is 4.79 Å². The van der Waals surface area contributed by atoms with Crippen molar-refractivity contribution < 1.29 is 13.9 Å². The van der Waals surface area contributed by atoms with Gasteiger partial charge in [0, 0.05) is 10.7 Å². The molecule has 0 aromatic heterocycles. The Morgan fingerprint density at radius 1 is 1.27 bits per heavy atom. The summed E-state index contributed by atoms with van der Waals surface area (Å²) in [7, 11) is 0. The highest BCUT2D eigenvalue weighted by Crippen LogP contribution is 2.23. The van der Waals surface area contributed by atoms with Gasteiger partial charge in [-0.1, -0.05) is 24.6 Å². The third-order valence-corrected chi connectivity index (χ3v) is 3.69. The van der Waals surface area contributed by atoms with Crippen LogP contribution >= 0.6 is 11.6 Å². The average molecular weight is 322 g/mol. The predicted octanol–water partition coefficient (Wildman–Crippen LogP) is 4.58. The van der Waals surface area contributed by atoms with E-state index >= 15 is 0 Å². The summed E-state index contributed by atoms with van der Waals surface area (Å²) >= 11 is 6.04. The van der Waals surface area contributed by atoms with Crippen molar-refractivity contribution in [3.8, 4) is 5.75 Å². The highest BCUT2D eigenvalue weighted by atomic mass is 35.5. The Labute approximate surface area is 134 Å². The second-order valence-corrected chi connectivity index (χ2v) is 5.28. The van der Waals surface area contributed by atoms with Crippen LogP contribution in [0.25, 0.3) is 0 Å². The minimum absolute atomic E-state index is 0.266. The maximum atomic E-state index is 12.9. The number of hydrogen-bond donors (Lipinski definition) is 1. The number of nitrogens with one attached hydrogen (secondary N) is 1. The van der Waals surface area contributed by atoms with Crippen molar-refractivity contribution in [3.05, 3.63) is 58.9 Å². The molecule has 0 unspecified atom stereocenters. The molecule has 0 radical (unpaired) electrons. The summed E-state index contributed by atoms with van der Waals surface area (Å²) in [6.07, 6.45) is -0.174. The molecule has 116 valence electrons. The average Bonchev–Trinajstić information content (AvgIpc) is 2.51. The van der Waals surface area contributed by atoms with Crippen LogP contribution in [0.15, 0.2) is 42.5 Å². The third-order valence-electron chi connectivity index (χ3n) is 3.28. The lowest BCUT2D eigenvalue weighted by atomic mass is 10.2. The predicted molar refractivity (Wildman–Crippen MR) is 85.9 cm³/mol. The zero-order chi connectivity index (χ0) is 16.1. The summed E-state index contributed by atoms with van der Waals surface area (Å²) in [5.41, 5.74) is 1.45. The highest BCUT2D eigenvalue weighted by Gasteiger charge is 2.19. The Bertz CT molecular complexity index is 658. The van der Waals surface area contributed by atoms with Gasteiger partial charge in [-0.05, 0) is 55.3 Å². The molecule has 1 amide bonds. The van der Waals surface area contributed by atoms with E-state index in [1.807, 2.05) is 13.8 Å². The first kappa shape index (κ1) is 16.3. The fourth-order valence-electron chi connectivity index (χ4n) is 1.96. The maximum absolute atomic E-state index is 12.9. The second kappa shape index (κ2) is 7.27. The molecule has 0 aliphatic heterocycles. The highest BCUT2D eigenvalue weighted by molar-refractivity contribution is 6.31. The van der Waals surface area contributed by atoms with Gasteiger partial charge in [0.05, 0.1) is 0 Å². The molecule has 22 heavy (non-hydrogen) atoms. The maximum Gasteiger partial charge on any atom is 0.265 e. The van der Waals surface area contributed by atoms with E-state index in [9.17, 15) is 9.18 Å². The van der Waals surface area contributed by atoms with Crippen molar-refractivity contribution in [2.75, 3.05) is 5.32 Å². The van der Waals surface area contributed by atoms with E-state index < -0.39 is 6.10 Å². The molecule has 0 saturated heterocycles. The number of carbonyl (C=O) groups excluding carboxylic acids is 1. The number of benzene rings is 2. The molecule has 3 nitrogen and oxygen atoms in total. The van der Waals surface area contributed by atoms with Gasteiger partial charge in [0.1, 0.15) is 11.6 Å². The monoisotopic (exact) mass is 321 g/mol. The van der Waals surface area contributed by atoms with E-state index in [0.717, 1.165) is 5.56 Å². The van der Waals surface area contributed by atoms with Crippen molar-refractivity contribution >= 4 is 23.2 Å². The van der Waals surface area contributed by atoms with Crippen molar-refractivity contribution in [1.82, 2.24) is 0 Å². The standard InChI is InChI=1S/C17H17ClFNO2/c1-3-16(22-13-9-7-12(19)8-10-13)17(21)20-15-6-4-5-14(18)11(15)2/h4-10,16H,3H2,1-2H3,(H,20,21)/t16-/m0/s1. The van der Waals surface area contributed by atoms with Gasteiger partial charge < -0.3 is 10.1 Å². The Hall–Kier alpha value is -2.07. The van der Waals surface area contributed by atoms with Crippen LogP contribution in [0.4, 0.5) is 10.1 Å². The molecule has 0 aliphatic rings. The molecule has 1 N–H and O–H groups in total. The lowest BCUT2D eigenvalue weighted by Crippen LogP contribution is -2.32. The molecule has 0 aliphatic carbocycles. The minimum Gasteiger partial charge on any atom is -0.481 e. The first-order valence-electron chi connectivity index (χ1n) is 6.99. The molecular weight excluding hydrogens is 305 g/mol. The number of anilines is 1. The normalized spacial score (nSPS) is 11.8. The van der Waals surface area contributed by atoms with Crippen molar-refractivity contribution in [1.29, 1.82) is 0 Å². The van der Waals surface area contributed by atoms with Gasteiger partial charge in [-0.25, -0.2) is 4.39 Å². The molecule has 0 fully saturated rings. The second-order valence-electron chi connectivity index (χ2n) is 4.87. The smallest absolute Gasteiger partial charge is 0.265 e. The number of hydrogen-bond acceptors (Lipinski definition) is 2. The Balaban J connectivity index is 2.08. The quantitative estimate of drug-likeness (QED) is 0.875. The van der Waals surface area contributed by atoms with Crippen LogP contribution in [0.3, 0.4) is 0 Å². The summed E-state index contributed by atoms with van der Waals surface area (Å²) in [6.45, 7) is 3.68. The molecule has 0 bridgehead atoms. The van der Waals surface area contributed by atoms with Gasteiger partial charge >= 0.3 is 0 Å². The largest absolute Gasteiger partial charge is 0.481 e. The van der Waals surface area contributed by atoms with Crippen molar-refractivity contribution in [3.63, 3.8) is 0 Å². The van der Waals surface area contributed by atoms with E-state index in [-0.39, 0.29) is 11.7 Å². The fourth-order valence-corrected chi connectivity index (χ4v) is 2.13. The third kappa shape index (κ3) is 3.98. The zero-order valence-corrected chi connectivity index (χ0v) is 13.2. The van der Waals surface area contributed by atoms with Crippen molar-refractivity contribution in [2.45, 2.75) is 26.4 Å². The van der Waals surface area contributed by atoms with E-state index in [4.69, 9.17) is 16.3 Å². The minimum atomic E-state index is -0.663. The number of amides is 1. The van der Waals surface area contributed by atoms with E-state index in [1.54, 1.807) is 18.2 Å². The van der Waals surface area contributed by atoms with Crippen molar-refractivity contribution in [2.24, 2.45) is 0 Å². The molecular formula is C17H17ClFNO2. The first-order valence-corrected chi connectivity index (χ1v) is 7.37. The summed E-state index contributed by atoms with van der Waals surface area (Å²) in [4.78, 5) is 12.3. The van der Waals surface area contributed by atoms with Crippen LogP contribution in [-0.4, -0.2) is 12.0 Å². The van der Waals surface area contributed by atoms with Crippen LogP contribution < -0.4 is 10.1 Å². The lowest BCUT2D eigenvalue weighted by molar-refractivity contribution is -0.122. The molecule has 0 saturated carbocycles. The van der Waals surface area contributed by atoms with Gasteiger partial charge in [0.2, 0.25) is 0 Å². The van der Waals surface area contributed by atoms with Gasteiger partial charge in [-0.3, -0.25) is 4.79 Å². The number of ether oxygens (including phenoxy) is 1. The summed E-state index contributed by atoms with van der Waals surface area (Å²) < 4.78 is 18.5. The molecule has 2 aromatic carbocycles. The van der Waals surface area contributed by atoms with Crippen LogP contribution in [0, 0.1) is 12.7 Å². The topological polar surface area (TPSA) is 38.3 Å². The molecule has 0 heterocycles. The van der Waals surface area contributed by atoms with Gasteiger partial charge in [-0.2, -0.15) is 0 Å². The summed E-state index contributed by atoms with van der Waals surface area (Å²) in [5, 5.41) is 3.40. The van der Waals surface area contributed by atoms with Crippen LogP contribution in [0.5, 0.6) is 5.75 Å². The fraction of sp³-hybridized carbons (Fsp3) is 0.235. The summed E-state index contributed by atoms with van der Waals surface area (Å²) in [6, 6.07) is 10.9. The SMILES string of the molecule is CC[C@H](Oc1ccc(F)cc1)C(=O)Nc1cccc(Cl)c1C. The van der Waals surface area contributed by atoms with Crippen LogP contribution in [0.1, 0.15) is 18.9 Å². The first-order chi connectivity index (χ1) is 10.5. The van der Waals surface area contributed by atoms with E-state index in [0.29, 0.717) is 22.9 Å². The van der Waals surface area contributed by atoms with Gasteiger partial charge in [0.25, 0.3) is 5.91 Å². The van der Waals surface area contributed by atoms with Crippen LogP contribution in [0.2, 0.25) is 5.02 Å². The van der Waals surface area contributed by atoms with E-state index in [1.165, 1.54) is 24.3 Å². The van der Waals surface area contributed by atoms with Gasteiger partial charge in [-0.15, -0.1) is 0 Å². The van der Waals surface area contributed by atoms with Gasteiger partial charge in [0.15, 0.2) is 6.10 Å². The zero-order valence-electron chi connectivity index (χ0n) is 12.4. The lowest BCUT2D eigenvalue weighted by Gasteiger charge is -2.18.